The van der Waals surface area contributed by atoms with Gasteiger partial charge in [-0.15, -0.1) is 24.8 Å². The van der Waals surface area contributed by atoms with Crippen molar-refractivity contribution < 1.29 is 17.9 Å². The minimum Gasteiger partial charge on any atom is -0.404 e. The lowest BCUT2D eigenvalue weighted by molar-refractivity contribution is -0.275. The first-order chi connectivity index (χ1) is 6.85. The normalized spacial score (nSPS) is 11.5. The van der Waals surface area contributed by atoms with Crippen LogP contribution in [0.4, 0.5) is 18.9 Å². The van der Waals surface area contributed by atoms with Gasteiger partial charge in [0.05, 0.1) is 10.4 Å². The van der Waals surface area contributed by atoms with Gasteiger partial charge in [-0.2, -0.15) is 0 Å². The molecule has 0 saturated heterocycles. The van der Waals surface area contributed by atoms with E-state index in [1.807, 2.05) is 0 Å². The molecule has 1 rings (SSSR count). The molecule has 1 aromatic carbocycles. The van der Waals surface area contributed by atoms with Crippen LogP contribution < -0.4 is 10.5 Å². The molecule has 2 nitrogen and oxygen atoms in total. The van der Waals surface area contributed by atoms with Crippen molar-refractivity contribution in [3.8, 4) is 5.75 Å². The second-order valence-electron chi connectivity index (χ2n) is 2.64. The Bertz CT molecular complexity index is 370. The van der Waals surface area contributed by atoms with Gasteiger partial charge in [0.25, 0.3) is 0 Å². The fraction of sp³-hybridized carbons (Fsp3) is 0.250. The van der Waals surface area contributed by atoms with Crippen LogP contribution >= 0.6 is 27.5 Å². The quantitative estimate of drug-likeness (QED) is 0.668. The SMILES string of the molecule is Nc1ccc(CCl)c(OC(F)(F)F)c1Br. The zero-order chi connectivity index (χ0) is 11.6. The highest BCUT2D eigenvalue weighted by atomic mass is 79.9. The van der Waals surface area contributed by atoms with Gasteiger partial charge in [-0.25, -0.2) is 0 Å². The topological polar surface area (TPSA) is 35.2 Å². The van der Waals surface area contributed by atoms with Gasteiger partial charge in [-0.05, 0) is 22.0 Å². The summed E-state index contributed by atoms with van der Waals surface area (Å²) in [7, 11) is 0. The molecule has 0 radical (unpaired) electrons. The Morgan fingerprint density at radius 2 is 2.00 bits per heavy atom. The molecule has 0 unspecified atom stereocenters. The van der Waals surface area contributed by atoms with Crippen molar-refractivity contribution in [1.29, 1.82) is 0 Å². The van der Waals surface area contributed by atoms with E-state index in [2.05, 4.69) is 20.7 Å². The van der Waals surface area contributed by atoms with Crippen molar-refractivity contribution >= 4 is 33.2 Å². The molecule has 0 bridgehead atoms. The third kappa shape index (κ3) is 3.17. The van der Waals surface area contributed by atoms with Crippen molar-refractivity contribution in [3.63, 3.8) is 0 Å². The Labute approximate surface area is 97.3 Å². The molecule has 15 heavy (non-hydrogen) atoms. The first-order valence-electron chi connectivity index (χ1n) is 3.73. The fourth-order valence-corrected chi connectivity index (χ4v) is 1.62. The molecule has 0 aliphatic rings. The molecule has 84 valence electrons. The van der Waals surface area contributed by atoms with Crippen LogP contribution in [-0.4, -0.2) is 6.36 Å². The maximum absolute atomic E-state index is 12.0. The summed E-state index contributed by atoms with van der Waals surface area (Å²) in [5.74, 6) is -0.484. The van der Waals surface area contributed by atoms with Crippen LogP contribution in [0.3, 0.4) is 0 Å². The number of alkyl halides is 4. The largest absolute Gasteiger partial charge is 0.573 e. The first-order valence-corrected chi connectivity index (χ1v) is 5.06. The molecule has 1 aromatic rings. The summed E-state index contributed by atoms with van der Waals surface area (Å²) in [4.78, 5) is 0. The Kier molecular flexibility index (Phi) is 3.72. The average Bonchev–Trinajstić information content (AvgIpc) is 2.11. The molecular weight excluding hydrogens is 298 g/mol. The molecule has 0 saturated carbocycles. The summed E-state index contributed by atoms with van der Waals surface area (Å²) in [5.41, 5.74) is 5.80. The number of benzene rings is 1. The standard InChI is InChI=1S/C8H6BrClF3NO/c9-6-5(14)2-1-4(3-10)7(6)15-8(11,12)13/h1-2H,3,14H2. The van der Waals surface area contributed by atoms with Gasteiger partial charge < -0.3 is 10.5 Å². The highest BCUT2D eigenvalue weighted by Gasteiger charge is 2.33. The Balaban J connectivity index is 3.18. The summed E-state index contributed by atoms with van der Waals surface area (Å²) in [6, 6.07) is 2.83. The highest BCUT2D eigenvalue weighted by Crippen LogP contribution is 2.38. The van der Waals surface area contributed by atoms with Crippen molar-refractivity contribution in [3.05, 3.63) is 22.2 Å². The van der Waals surface area contributed by atoms with Crippen LogP contribution in [0.15, 0.2) is 16.6 Å². The predicted molar refractivity (Wildman–Crippen MR) is 54.8 cm³/mol. The monoisotopic (exact) mass is 303 g/mol. The van der Waals surface area contributed by atoms with Crippen molar-refractivity contribution in [1.82, 2.24) is 0 Å². The third-order valence-electron chi connectivity index (χ3n) is 1.57. The van der Waals surface area contributed by atoms with E-state index in [9.17, 15) is 13.2 Å². The third-order valence-corrected chi connectivity index (χ3v) is 2.68. The number of nitrogen functional groups attached to an aromatic ring is 1. The summed E-state index contributed by atoms with van der Waals surface area (Å²) >= 11 is 8.39. The summed E-state index contributed by atoms with van der Waals surface area (Å²) in [5, 5.41) is 0. The Morgan fingerprint density at radius 3 is 2.47 bits per heavy atom. The molecule has 0 aliphatic heterocycles. The van der Waals surface area contributed by atoms with Gasteiger partial charge in [0.2, 0.25) is 0 Å². The Morgan fingerprint density at radius 1 is 1.40 bits per heavy atom. The number of halogens is 5. The van der Waals surface area contributed by atoms with Gasteiger partial charge in [0.15, 0.2) is 0 Å². The van der Waals surface area contributed by atoms with E-state index >= 15 is 0 Å². The molecule has 0 spiro atoms. The van der Waals surface area contributed by atoms with Gasteiger partial charge >= 0.3 is 6.36 Å². The molecule has 0 aliphatic carbocycles. The highest BCUT2D eigenvalue weighted by molar-refractivity contribution is 9.10. The minimum atomic E-state index is -4.77. The van der Waals surface area contributed by atoms with E-state index in [0.29, 0.717) is 0 Å². The Hall–Kier alpha value is -0.620. The molecule has 7 heteroatoms. The number of hydrogen-bond donors (Lipinski definition) is 1. The van der Waals surface area contributed by atoms with Crippen LogP contribution in [0.2, 0.25) is 0 Å². The molecular formula is C8H6BrClF3NO. The lowest BCUT2D eigenvalue weighted by atomic mass is 10.2. The molecule has 0 heterocycles. The summed E-state index contributed by atoms with van der Waals surface area (Å²) < 4.78 is 40.0. The number of nitrogens with two attached hydrogens (primary N) is 1. The van der Waals surface area contributed by atoms with E-state index in [0.717, 1.165) is 0 Å². The van der Waals surface area contributed by atoms with E-state index in [4.69, 9.17) is 17.3 Å². The molecule has 0 aromatic heterocycles. The van der Waals surface area contributed by atoms with Crippen LogP contribution in [-0.2, 0) is 5.88 Å². The lowest BCUT2D eigenvalue weighted by Crippen LogP contribution is -2.18. The predicted octanol–water partition coefficient (Wildman–Crippen LogP) is 3.67. The maximum atomic E-state index is 12.0. The molecule has 0 fully saturated rings. The van der Waals surface area contributed by atoms with Gasteiger partial charge in [-0.1, -0.05) is 6.07 Å². The summed E-state index contributed by atoms with van der Waals surface area (Å²) in [6.45, 7) is 0. The zero-order valence-electron chi connectivity index (χ0n) is 7.24. The smallest absolute Gasteiger partial charge is 0.404 e. The van der Waals surface area contributed by atoms with Crippen molar-refractivity contribution in [2.24, 2.45) is 0 Å². The van der Waals surface area contributed by atoms with Gasteiger partial charge in [0, 0.05) is 11.3 Å². The molecule has 0 amide bonds. The van der Waals surface area contributed by atoms with Crippen LogP contribution in [0.25, 0.3) is 0 Å². The average molecular weight is 304 g/mol. The van der Waals surface area contributed by atoms with Gasteiger partial charge in [0.1, 0.15) is 5.75 Å². The van der Waals surface area contributed by atoms with Crippen LogP contribution in [0.1, 0.15) is 5.56 Å². The minimum absolute atomic E-state index is 0.0537. The van der Waals surface area contributed by atoms with Crippen molar-refractivity contribution in [2.75, 3.05) is 5.73 Å². The zero-order valence-corrected chi connectivity index (χ0v) is 9.58. The van der Waals surface area contributed by atoms with Crippen LogP contribution in [0, 0.1) is 0 Å². The fourth-order valence-electron chi connectivity index (χ4n) is 0.943. The van der Waals surface area contributed by atoms with Gasteiger partial charge in [-0.3, -0.25) is 0 Å². The second kappa shape index (κ2) is 4.49. The summed E-state index contributed by atoms with van der Waals surface area (Å²) in [6.07, 6.45) is -4.77. The van der Waals surface area contributed by atoms with E-state index in [1.54, 1.807) is 0 Å². The first kappa shape index (κ1) is 12.4. The number of rotatable bonds is 2. The van der Waals surface area contributed by atoms with Crippen LogP contribution in [0.5, 0.6) is 5.75 Å². The van der Waals surface area contributed by atoms with E-state index < -0.39 is 12.1 Å². The van der Waals surface area contributed by atoms with E-state index in [1.165, 1.54) is 12.1 Å². The number of anilines is 1. The number of ether oxygens (including phenoxy) is 1. The molecule has 0 atom stereocenters. The van der Waals surface area contributed by atoms with E-state index in [-0.39, 0.29) is 21.6 Å². The lowest BCUT2D eigenvalue weighted by Gasteiger charge is -2.14. The number of hydrogen-bond acceptors (Lipinski definition) is 2. The maximum Gasteiger partial charge on any atom is 0.573 e. The van der Waals surface area contributed by atoms with Crippen molar-refractivity contribution in [2.45, 2.75) is 12.2 Å². The second-order valence-corrected chi connectivity index (χ2v) is 3.70. The molecule has 2 N–H and O–H groups in total.